The fourth-order valence-corrected chi connectivity index (χ4v) is 3.23. The molecule has 2 N–H and O–H groups in total. The summed E-state index contributed by atoms with van der Waals surface area (Å²) in [5.74, 6) is 0.256. The third kappa shape index (κ3) is 3.41. The summed E-state index contributed by atoms with van der Waals surface area (Å²) >= 11 is 5.93. The van der Waals surface area contributed by atoms with Crippen LogP contribution < -0.4 is 10.2 Å². The van der Waals surface area contributed by atoms with Crippen LogP contribution in [0.1, 0.15) is 23.2 Å². The van der Waals surface area contributed by atoms with Crippen LogP contribution in [0.4, 0.5) is 11.5 Å². The van der Waals surface area contributed by atoms with Gasteiger partial charge in [-0.15, -0.1) is 0 Å². The average Bonchev–Trinajstić information content (AvgIpc) is 3.35. The number of nitrogens with zero attached hydrogens (tertiary/aromatic N) is 3. The molecule has 0 saturated carbocycles. The number of hydrogen-bond acceptors (Lipinski definition) is 4. The van der Waals surface area contributed by atoms with E-state index in [0.717, 1.165) is 24.3 Å². The molecule has 6 nitrogen and oxygen atoms in total. The lowest BCUT2D eigenvalue weighted by atomic mass is 10.1. The first-order valence-corrected chi connectivity index (χ1v) is 8.90. The molecule has 1 aliphatic rings. The Hall–Kier alpha value is -2.86. The molecule has 1 amide bonds. The Labute approximate surface area is 156 Å². The summed E-state index contributed by atoms with van der Waals surface area (Å²) in [6.45, 7) is 2.12. The van der Waals surface area contributed by atoms with Crippen LogP contribution in [0.15, 0.2) is 48.8 Å². The van der Waals surface area contributed by atoms with Gasteiger partial charge < -0.3 is 10.2 Å². The highest BCUT2D eigenvalue weighted by Gasteiger charge is 2.17. The lowest BCUT2D eigenvalue weighted by Gasteiger charge is -2.17. The molecule has 132 valence electrons. The Balaban J connectivity index is 1.50. The molecular formula is C19H18ClN5O. The van der Waals surface area contributed by atoms with Crippen molar-refractivity contribution >= 4 is 29.0 Å². The van der Waals surface area contributed by atoms with Crippen molar-refractivity contribution in [1.29, 1.82) is 0 Å². The lowest BCUT2D eigenvalue weighted by Crippen LogP contribution is -2.18. The Morgan fingerprint density at radius 3 is 2.54 bits per heavy atom. The first kappa shape index (κ1) is 16.6. The van der Waals surface area contributed by atoms with Crippen LogP contribution in [0, 0.1) is 0 Å². The third-order valence-electron chi connectivity index (χ3n) is 4.48. The van der Waals surface area contributed by atoms with E-state index in [1.807, 2.05) is 24.3 Å². The summed E-state index contributed by atoms with van der Waals surface area (Å²) in [5.41, 5.74) is 3.03. The van der Waals surface area contributed by atoms with Crippen molar-refractivity contribution in [3.8, 4) is 11.3 Å². The van der Waals surface area contributed by atoms with Crippen molar-refractivity contribution in [2.75, 3.05) is 23.3 Å². The summed E-state index contributed by atoms with van der Waals surface area (Å²) in [4.78, 5) is 19.3. The van der Waals surface area contributed by atoms with Gasteiger partial charge in [0.25, 0.3) is 5.91 Å². The van der Waals surface area contributed by atoms with Crippen molar-refractivity contribution in [3.63, 3.8) is 0 Å². The van der Waals surface area contributed by atoms with Gasteiger partial charge in [-0.05, 0) is 37.1 Å². The highest BCUT2D eigenvalue weighted by atomic mass is 35.5. The summed E-state index contributed by atoms with van der Waals surface area (Å²) in [6.07, 6.45) is 5.74. The second-order valence-corrected chi connectivity index (χ2v) is 6.65. The van der Waals surface area contributed by atoms with E-state index in [1.165, 1.54) is 19.0 Å². The van der Waals surface area contributed by atoms with Crippen LogP contribution in [0.3, 0.4) is 0 Å². The smallest absolute Gasteiger partial charge is 0.260 e. The third-order valence-corrected chi connectivity index (χ3v) is 4.73. The van der Waals surface area contributed by atoms with E-state index in [4.69, 9.17) is 11.6 Å². The number of carbonyl (C=O) groups excluding carboxylic acids is 1. The van der Waals surface area contributed by atoms with Crippen LogP contribution in [-0.4, -0.2) is 34.2 Å². The molecule has 2 aromatic heterocycles. The highest BCUT2D eigenvalue weighted by molar-refractivity contribution is 6.30. The summed E-state index contributed by atoms with van der Waals surface area (Å²) in [5, 5.41) is 10.3. The van der Waals surface area contributed by atoms with E-state index in [2.05, 4.69) is 25.4 Å². The van der Waals surface area contributed by atoms with Crippen LogP contribution in [0.25, 0.3) is 11.3 Å². The van der Waals surface area contributed by atoms with Crippen LogP contribution in [0.2, 0.25) is 5.02 Å². The van der Waals surface area contributed by atoms with Crippen molar-refractivity contribution in [2.24, 2.45) is 0 Å². The van der Waals surface area contributed by atoms with Crippen molar-refractivity contribution < 1.29 is 4.79 Å². The predicted molar refractivity (Wildman–Crippen MR) is 103 cm³/mol. The average molecular weight is 368 g/mol. The zero-order valence-electron chi connectivity index (χ0n) is 14.1. The van der Waals surface area contributed by atoms with Gasteiger partial charge in [0.15, 0.2) is 0 Å². The van der Waals surface area contributed by atoms with E-state index < -0.39 is 0 Å². The van der Waals surface area contributed by atoms with E-state index in [9.17, 15) is 4.79 Å². The number of pyridine rings is 1. The molecule has 1 saturated heterocycles. The number of nitrogens with one attached hydrogen (secondary N) is 2. The first-order chi connectivity index (χ1) is 12.7. The number of H-pyrrole nitrogens is 1. The minimum Gasteiger partial charge on any atom is -0.370 e. The molecule has 3 heterocycles. The van der Waals surface area contributed by atoms with Gasteiger partial charge in [-0.25, -0.2) is 4.98 Å². The number of benzene rings is 1. The molecule has 1 aromatic carbocycles. The molecule has 1 fully saturated rings. The standard InChI is InChI=1S/C19H18ClN5O/c20-14-5-3-13(4-6-14)18-16(12-22-24-18)19(26)23-17-8-7-15(11-21-17)25-9-1-2-10-25/h3-8,11-12H,1-2,9-10H2,(H,22,24)(H,21,23,26). The molecule has 26 heavy (non-hydrogen) atoms. The maximum atomic E-state index is 12.6. The normalized spacial score (nSPS) is 13.8. The maximum Gasteiger partial charge on any atom is 0.260 e. The van der Waals surface area contributed by atoms with Gasteiger partial charge in [0.1, 0.15) is 5.82 Å². The fourth-order valence-electron chi connectivity index (χ4n) is 3.10. The van der Waals surface area contributed by atoms with Gasteiger partial charge in [-0.2, -0.15) is 5.10 Å². The second kappa shape index (κ2) is 7.17. The number of anilines is 2. The Morgan fingerprint density at radius 2 is 1.85 bits per heavy atom. The molecule has 0 unspecified atom stereocenters. The molecule has 3 aromatic rings. The quantitative estimate of drug-likeness (QED) is 0.731. The maximum absolute atomic E-state index is 12.6. The Morgan fingerprint density at radius 1 is 1.08 bits per heavy atom. The predicted octanol–water partition coefficient (Wildman–Crippen LogP) is 3.98. The Kier molecular flexibility index (Phi) is 4.58. The van der Waals surface area contributed by atoms with E-state index in [0.29, 0.717) is 22.1 Å². The number of halogens is 1. The summed E-state index contributed by atoms with van der Waals surface area (Å²) < 4.78 is 0. The topological polar surface area (TPSA) is 73.9 Å². The van der Waals surface area contributed by atoms with Gasteiger partial charge >= 0.3 is 0 Å². The Bertz CT molecular complexity index is 898. The zero-order chi connectivity index (χ0) is 17.9. The number of aromatic nitrogens is 3. The minimum absolute atomic E-state index is 0.259. The number of aromatic amines is 1. The second-order valence-electron chi connectivity index (χ2n) is 6.22. The molecule has 0 bridgehead atoms. The van der Waals surface area contributed by atoms with Crippen LogP contribution in [-0.2, 0) is 0 Å². The van der Waals surface area contributed by atoms with Crippen molar-refractivity contribution in [3.05, 3.63) is 59.4 Å². The highest BCUT2D eigenvalue weighted by Crippen LogP contribution is 2.24. The number of rotatable bonds is 4. The number of hydrogen-bond donors (Lipinski definition) is 2. The molecule has 7 heteroatoms. The van der Waals surface area contributed by atoms with Gasteiger partial charge in [0.05, 0.1) is 29.3 Å². The van der Waals surface area contributed by atoms with Crippen molar-refractivity contribution in [2.45, 2.75) is 12.8 Å². The zero-order valence-corrected chi connectivity index (χ0v) is 14.8. The van der Waals surface area contributed by atoms with E-state index in [1.54, 1.807) is 18.3 Å². The molecule has 0 radical (unpaired) electrons. The molecule has 0 aliphatic carbocycles. The van der Waals surface area contributed by atoms with E-state index >= 15 is 0 Å². The molecule has 0 spiro atoms. The van der Waals surface area contributed by atoms with E-state index in [-0.39, 0.29) is 5.91 Å². The van der Waals surface area contributed by atoms with Gasteiger partial charge in [-0.1, -0.05) is 23.7 Å². The summed E-state index contributed by atoms with van der Waals surface area (Å²) in [7, 11) is 0. The fraction of sp³-hybridized carbons (Fsp3) is 0.211. The van der Waals surface area contributed by atoms with Gasteiger partial charge in [0, 0.05) is 23.7 Å². The lowest BCUT2D eigenvalue weighted by molar-refractivity contribution is 0.102. The largest absolute Gasteiger partial charge is 0.370 e. The molecular weight excluding hydrogens is 350 g/mol. The summed E-state index contributed by atoms with van der Waals surface area (Å²) in [6, 6.07) is 11.1. The first-order valence-electron chi connectivity index (χ1n) is 8.52. The van der Waals surface area contributed by atoms with Gasteiger partial charge in [0.2, 0.25) is 0 Å². The SMILES string of the molecule is O=C(Nc1ccc(N2CCCC2)cn1)c1cn[nH]c1-c1ccc(Cl)cc1. The van der Waals surface area contributed by atoms with Gasteiger partial charge in [-0.3, -0.25) is 9.89 Å². The molecule has 4 rings (SSSR count). The van der Waals surface area contributed by atoms with Crippen LogP contribution in [0.5, 0.6) is 0 Å². The monoisotopic (exact) mass is 367 g/mol. The number of amides is 1. The minimum atomic E-state index is -0.259. The number of carbonyl (C=O) groups is 1. The van der Waals surface area contributed by atoms with Crippen molar-refractivity contribution in [1.82, 2.24) is 15.2 Å². The molecule has 1 aliphatic heterocycles. The molecule has 0 atom stereocenters. The van der Waals surface area contributed by atoms with Crippen LogP contribution >= 0.6 is 11.6 Å².